The zero-order valence-electron chi connectivity index (χ0n) is 18.0. The van der Waals surface area contributed by atoms with Gasteiger partial charge in [-0.1, -0.05) is 78.3 Å². The minimum absolute atomic E-state index is 0.460. The molecule has 0 saturated carbocycles. The molecule has 0 saturated heterocycles. The van der Waals surface area contributed by atoms with Crippen molar-refractivity contribution in [3.05, 3.63) is 130 Å². The number of fused-ring (bicyclic) bond motifs is 12. The van der Waals surface area contributed by atoms with Crippen molar-refractivity contribution in [2.24, 2.45) is 0 Å². The van der Waals surface area contributed by atoms with Gasteiger partial charge >= 0.3 is 0 Å². The van der Waals surface area contributed by atoms with E-state index in [0.29, 0.717) is 0 Å². The fourth-order valence-corrected chi connectivity index (χ4v) is 6.30. The maximum atomic E-state index is 6.61. The molecule has 1 atom stereocenters. The Morgan fingerprint density at radius 1 is 0.441 bits per heavy atom. The van der Waals surface area contributed by atoms with Gasteiger partial charge in [0, 0.05) is 5.02 Å². The zero-order valence-corrected chi connectivity index (χ0v) is 18.8. The van der Waals surface area contributed by atoms with Gasteiger partial charge in [0.15, 0.2) is 23.0 Å². The Morgan fingerprint density at radius 3 is 1.68 bits per heavy atom. The van der Waals surface area contributed by atoms with Crippen molar-refractivity contribution >= 4 is 11.6 Å². The summed E-state index contributed by atoms with van der Waals surface area (Å²) in [5.74, 6) is 2.94. The molecule has 34 heavy (non-hydrogen) atoms. The monoisotopic (exact) mass is 456 g/mol. The van der Waals surface area contributed by atoms with Gasteiger partial charge in [-0.25, -0.2) is 0 Å². The number of hydrogen-bond acceptors (Lipinski definition) is 2. The Kier molecular flexibility index (Phi) is 3.42. The lowest BCUT2D eigenvalue weighted by atomic mass is 9.70. The quantitative estimate of drug-likeness (QED) is 0.227. The molecule has 3 heteroatoms. The highest BCUT2D eigenvalue weighted by atomic mass is 35.5. The van der Waals surface area contributed by atoms with E-state index in [0.717, 1.165) is 28.0 Å². The molecule has 0 bridgehead atoms. The van der Waals surface area contributed by atoms with Gasteiger partial charge in [0.05, 0.1) is 5.41 Å². The van der Waals surface area contributed by atoms with Crippen molar-refractivity contribution < 1.29 is 9.47 Å². The average molecular weight is 457 g/mol. The van der Waals surface area contributed by atoms with Gasteiger partial charge in [-0.05, 0) is 80.9 Å². The molecule has 2 nitrogen and oxygen atoms in total. The minimum Gasteiger partial charge on any atom is -0.450 e. The third-order valence-electron chi connectivity index (χ3n) is 7.40. The maximum Gasteiger partial charge on any atom is 0.170 e. The summed E-state index contributed by atoms with van der Waals surface area (Å²) < 4.78 is 12.6. The molecule has 2 aliphatic carbocycles. The van der Waals surface area contributed by atoms with E-state index < -0.39 is 5.41 Å². The molecule has 0 radical (unpaired) electrons. The molecule has 0 N–H and O–H groups in total. The highest BCUT2D eigenvalue weighted by Crippen LogP contribution is 2.64. The number of hydrogen-bond donors (Lipinski definition) is 0. The molecule has 1 unspecified atom stereocenters. The summed E-state index contributed by atoms with van der Waals surface area (Å²) in [6, 6.07) is 35.8. The normalized spacial score (nSPS) is 17.6. The van der Waals surface area contributed by atoms with Crippen molar-refractivity contribution in [1.29, 1.82) is 0 Å². The average Bonchev–Trinajstić information content (AvgIpc) is 3.32. The number of halogens is 1. The summed E-state index contributed by atoms with van der Waals surface area (Å²) in [5.41, 5.74) is 9.34. The molecular formula is C31H17ClO2. The molecule has 1 spiro atoms. The molecule has 160 valence electrons. The first kappa shape index (κ1) is 18.4. The third kappa shape index (κ3) is 2.12. The smallest absolute Gasteiger partial charge is 0.170 e. The van der Waals surface area contributed by atoms with Crippen LogP contribution in [0.1, 0.15) is 22.3 Å². The van der Waals surface area contributed by atoms with E-state index in [1.54, 1.807) is 0 Å². The van der Waals surface area contributed by atoms with Crippen LogP contribution in [-0.4, -0.2) is 0 Å². The first-order valence-corrected chi connectivity index (χ1v) is 11.8. The predicted octanol–water partition coefficient (Wildman–Crippen LogP) is 8.58. The highest BCUT2D eigenvalue weighted by molar-refractivity contribution is 6.30. The molecule has 0 aromatic heterocycles. The number of ether oxygens (including phenoxy) is 2. The van der Waals surface area contributed by atoms with Crippen LogP contribution in [0.2, 0.25) is 5.02 Å². The fourth-order valence-electron chi connectivity index (χ4n) is 6.13. The van der Waals surface area contributed by atoms with Gasteiger partial charge in [0.2, 0.25) is 0 Å². The van der Waals surface area contributed by atoms with Gasteiger partial charge in [0.25, 0.3) is 0 Å². The van der Waals surface area contributed by atoms with Gasteiger partial charge in [0.1, 0.15) is 0 Å². The molecule has 8 rings (SSSR count). The van der Waals surface area contributed by atoms with E-state index in [2.05, 4.69) is 72.8 Å². The van der Waals surface area contributed by atoms with Crippen LogP contribution in [0.5, 0.6) is 23.0 Å². The Morgan fingerprint density at radius 2 is 0.971 bits per heavy atom. The summed E-state index contributed by atoms with van der Waals surface area (Å²) in [6.45, 7) is 0. The van der Waals surface area contributed by atoms with Crippen LogP contribution in [-0.2, 0) is 5.41 Å². The van der Waals surface area contributed by atoms with E-state index in [-0.39, 0.29) is 0 Å². The van der Waals surface area contributed by atoms with Gasteiger partial charge in [-0.2, -0.15) is 0 Å². The van der Waals surface area contributed by atoms with Crippen molar-refractivity contribution in [1.82, 2.24) is 0 Å². The SMILES string of the molecule is Clc1ccc2c(c1)C1(c3ccccc3-2)c2ccccc2-c2cc3c(cc21)Oc1ccccc1O3. The van der Waals surface area contributed by atoms with Crippen LogP contribution in [0.3, 0.4) is 0 Å². The second-order valence-corrected chi connectivity index (χ2v) is 9.46. The maximum absolute atomic E-state index is 6.61. The molecule has 5 aromatic rings. The van der Waals surface area contributed by atoms with Crippen molar-refractivity contribution in [3.63, 3.8) is 0 Å². The lowest BCUT2D eigenvalue weighted by Gasteiger charge is -2.31. The van der Waals surface area contributed by atoms with Crippen LogP contribution >= 0.6 is 11.6 Å². The Balaban J connectivity index is 1.50. The van der Waals surface area contributed by atoms with Crippen LogP contribution in [0.4, 0.5) is 0 Å². The first-order chi connectivity index (χ1) is 16.7. The van der Waals surface area contributed by atoms with Crippen LogP contribution in [0.25, 0.3) is 22.3 Å². The van der Waals surface area contributed by atoms with E-state index in [9.17, 15) is 0 Å². The summed E-state index contributed by atoms with van der Waals surface area (Å²) >= 11 is 6.61. The lowest BCUT2D eigenvalue weighted by molar-refractivity contribution is 0.359. The van der Waals surface area contributed by atoms with Crippen LogP contribution in [0.15, 0.2) is 103 Å². The Labute approximate surface area is 202 Å². The second-order valence-electron chi connectivity index (χ2n) is 9.03. The number of benzene rings is 5. The summed E-state index contributed by atoms with van der Waals surface area (Å²) in [4.78, 5) is 0. The summed E-state index contributed by atoms with van der Waals surface area (Å²) in [7, 11) is 0. The molecule has 1 heterocycles. The van der Waals surface area contributed by atoms with Gasteiger partial charge < -0.3 is 9.47 Å². The highest BCUT2D eigenvalue weighted by Gasteiger charge is 2.52. The van der Waals surface area contributed by atoms with Crippen LogP contribution < -0.4 is 9.47 Å². The van der Waals surface area contributed by atoms with Crippen molar-refractivity contribution in [2.75, 3.05) is 0 Å². The summed E-state index contributed by atoms with van der Waals surface area (Å²) in [5, 5.41) is 0.739. The third-order valence-corrected chi connectivity index (χ3v) is 7.64. The zero-order chi connectivity index (χ0) is 22.4. The second kappa shape index (κ2) is 6.31. The van der Waals surface area contributed by atoms with Crippen molar-refractivity contribution in [3.8, 4) is 45.3 Å². The molecule has 1 aliphatic heterocycles. The molecular weight excluding hydrogens is 440 g/mol. The molecule has 0 fully saturated rings. The van der Waals surface area contributed by atoms with E-state index in [1.165, 1.54) is 44.5 Å². The van der Waals surface area contributed by atoms with Gasteiger partial charge in [-0.15, -0.1) is 0 Å². The topological polar surface area (TPSA) is 18.5 Å². The standard InChI is InChI=1S/C31H17ClO2/c32-18-13-14-21-19-7-1-3-9-23(19)31(25(21)15-18)24-10-4-2-8-20(24)22-16-29-30(17-26(22)31)34-28-12-6-5-11-27(28)33-29/h1-17H. The van der Waals surface area contributed by atoms with Crippen molar-refractivity contribution in [2.45, 2.75) is 5.41 Å². The molecule has 0 amide bonds. The minimum atomic E-state index is -0.460. The lowest BCUT2D eigenvalue weighted by Crippen LogP contribution is -2.26. The number of rotatable bonds is 0. The Bertz CT molecular complexity index is 1690. The van der Waals surface area contributed by atoms with E-state index >= 15 is 0 Å². The van der Waals surface area contributed by atoms with E-state index in [4.69, 9.17) is 21.1 Å². The molecule has 5 aromatic carbocycles. The first-order valence-electron chi connectivity index (χ1n) is 11.4. The summed E-state index contributed by atoms with van der Waals surface area (Å²) in [6.07, 6.45) is 0. The van der Waals surface area contributed by atoms with Crippen LogP contribution in [0, 0.1) is 0 Å². The van der Waals surface area contributed by atoms with Gasteiger partial charge in [-0.3, -0.25) is 0 Å². The predicted molar refractivity (Wildman–Crippen MR) is 134 cm³/mol. The largest absolute Gasteiger partial charge is 0.450 e. The fraction of sp³-hybridized carbons (Fsp3) is 0.0323. The molecule has 3 aliphatic rings. The van der Waals surface area contributed by atoms with E-state index in [1.807, 2.05) is 30.3 Å². The number of para-hydroxylation sites is 2. The Hall–Kier alpha value is -4.01.